The van der Waals surface area contributed by atoms with E-state index in [1.54, 1.807) is 0 Å². The average molecular weight is 290 g/mol. The molecule has 2 nitrogen and oxygen atoms in total. The normalized spacial score (nSPS) is 13.1. The van der Waals surface area contributed by atoms with Gasteiger partial charge in [-0.05, 0) is 37.4 Å². The Morgan fingerprint density at radius 2 is 1.81 bits per heavy atom. The summed E-state index contributed by atoms with van der Waals surface area (Å²) in [7, 11) is 0. The predicted octanol–water partition coefficient (Wildman–Crippen LogP) is 4.59. The van der Waals surface area contributed by atoms with Crippen LogP contribution in [0.2, 0.25) is 0 Å². The van der Waals surface area contributed by atoms with Gasteiger partial charge in [0.1, 0.15) is 0 Å². The molecule has 1 rings (SSSR count). The highest BCUT2D eigenvalue weighted by Crippen LogP contribution is 2.13. The fourth-order valence-corrected chi connectivity index (χ4v) is 2.47. The van der Waals surface area contributed by atoms with E-state index in [1.807, 2.05) is 0 Å². The number of hydrogen-bond donors (Lipinski definition) is 1. The van der Waals surface area contributed by atoms with Crippen molar-refractivity contribution < 1.29 is 0 Å². The molecule has 0 spiro atoms. The molecule has 0 radical (unpaired) electrons. The summed E-state index contributed by atoms with van der Waals surface area (Å²) in [5, 5.41) is 3.50. The Bertz CT molecular complexity index is 387. The monoisotopic (exact) mass is 290 g/mol. The zero-order valence-corrected chi connectivity index (χ0v) is 14.7. The van der Waals surface area contributed by atoms with Gasteiger partial charge in [0.25, 0.3) is 0 Å². The third-order valence-electron chi connectivity index (χ3n) is 4.10. The molecule has 0 saturated heterocycles. The maximum absolute atomic E-state index is 3.50. The smallest absolute Gasteiger partial charge is 0.0236 e. The van der Waals surface area contributed by atoms with Crippen LogP contribution in [0.1, 0.15) is 65.0 Å². The lowest BCUT2D eigenvalue weighted by Crippen LogP contribution is -2.33. The van der Waals surface area contributed by atoms with E-state index >= 15 is 0 Å². The van der Waals surface area contributed by atoms with Crippen LogP contribution in [0, 0.1) is 0 Å². The Labute approximate surface area is 131 Å². The van der Waals surface area contributed by atoms with E-state index in [2.05, 4.69) is 69.1 Å². The van der Waals surface area contributed by atoms with Gasteiger partial charge in [-0.25, -0.2) is 0 Å². The lowest BCUT2D eigenvalue weighted by molar-refractivity contribution is 0.192. The minimum absolute atomic E-state index is 0.537. The van der Waals surface area contributed by atoms with Crippen molar-refractivity contribution in [2.75, 3.05) is 6.54 Å². The van der Waals surface area contributed by atoms with Crippen LogP contribution in [-0.2, 0) is 13.1 Å². The highest BCUT2D eigenvalue weighted by Gasteiger charge is 2.12. The average Bonchev–Trinajstić information content (AvgIpc) is 2.49. The standard InChI is InChI=1S/C19H34N2/c1-6-8-12-21(17(5)7-2)15-19-11-9-10-18(13-19)14-20-16(3)4/h9-11,13,16-17,20H,6-8,12,14-15H2,1-5H3. The third-order valence-corrected chi connectivity index (χ3v) is 4.10. The van der Waals surface area contributed by atoms with Crippen molar-refractivity contribution in [2.45, 2.75) is 79.1 Å². The summed E-state index contributed by atoms with van der Waals surface area (Å²) in [6.07, 6.45) is 3.78. The summed E-state index contributed by atoms with van der Waals surface area (Å²) < 4.78 is 0. The predicted molar refractivity (Wildman–Crippen MR) is 93.5 cm³/mol. The molecule has 0 fully saturated rings. The van der Waals surface area contributed by atoms with Gasteiger partial charge >= 0.3 is 0 Å². The van der Waals surface area contributed by atoms with Crippen molar-refractivity contribution in [2.24, 2.45) is 0 Å². The quantitative estimate of drug-likeness (QED) is 0.678. The summed E-state index contributed by atoms with van der Waals surface area (Å²) in [4.78, 5) is 2.62. The molecule has 1 N–H and O–H groups in total. The lowest BCUT2D eigenvalue weighted by Gasteiger charge is -2.28. The van der Waals surface area contributed by atoms with Crippen molar-refractivity contribution in [3.8, 4) is 0 Å². The molecule has 1 aromatic rings. The number of rotatable bonds is 10. The van der Waals surface area contributed by atoms with E-state index in [9.17, 15) is 0 Å². The Morgan fingerprint density at radius 1 is 1.10 bits per heavy atom. The molecule has 0 bridgehead atoms. The van der Waals surface area contributed by atoms with E-state index in [0.29, 0.717) is 12.1 Å². The van der Waals surface area contributed by atoms with Gasteiger partial charge < -0.3 is 5.32 Å². The Morgan fingerprint density at radius 3 is 2.43 bits per heavy atom. The number of benzene rings is 1. The van der Waals surface area contributed by atoms with Gasteiger partial charge in [0.2, 0.25) is 0 Å². The molecule has 120 valence electrons. The van der Waals surface area contributed by atoms with Crippen LogP contribution in [0.4, 0.5) is 0 Å². The molecular formula is C19H34N2. The minimum atomic E-state index is 0.537. The molecule has 0 aromatic heterocycles. The van der Waals surface area contributed by atoms with Gasteiger partial charge in [0.15, 0.2) is 0 Å². The number of nitrogens with one attached hydrogen (secondary N) is 1. The zero-order chi connectivity index (χ0) is 15.7. The van der Waals surface area contributed by atoms with E-state index in [0.717, 1.165) is 13.1 Å². The van der Waals surface area contributed by atoms with Crippen LogP contribution in [-0.4, -0.2) is 23.5 Å². The summed E-state index contributed by atoms with van der Waals surface area (Å²) in [6, 6.07) is 10.2. The van der Waals surface area contributed by atoms with Gasteiger partial charge in [-0.1, -0.05) is 58.4 Å². The largest absolute Gasteiger partial charge is 0.310 e. The van der Waals surface area contributed by atoms with Crippen LogP contribution in [0.3, 0.4) is 0 Å². The minimum Gasteiger partial charge on any atom is -0.310 e. The topological polar surface area (TPSA) is 15.3 Å². The molecular weight excluding hydrogens is 256 g/mol. The summed E-state index contributed by atoms with van der Waals surface area (Å²) >= 11 is 0. The molecule has 1 atom stereocenters. The van der Waals surface area contributed by atoms with E-state index in [1.165, 1.54) is 36.9 Å². The van der Waals surface area contributed by atoms with Crippen molar-refractivity contribution in [3.63, 3.8) is 0 Å². The molecule has 0 aliphatic rings. The molecule has 0 aliphatic heterocycles. The highest BCUT2D eigenvalue weighted by molar-refractivity contribution is 5.23. The van der Waals surface area contributed by atoms with Crippen LogP contribution in [0.15, 0.2) is 24.3 Å². The van der Waals surface area contributed by atoms with Gasteiger partial charge in [-0.15, -0.1) is 0 Å². The van der Waals surface area contributed by atoms with Gasteiger partial charge in [-0.2, -0.15) is 0 Å². The molecule has 1 aromatic carbocycles. The summed E-state index contributed by atoms with van der Waals surface area (Å²) in [5.74, 6) is 0. The number of nitrogens with zero attached hydrogens (tertiary/aromatic N) is 1. The maximum atomic E-state index is 3.50. The SMILES string of the molecule is CCCCN(Cc1cccc(CNC(C)C)c1)C(C)CC. The van der Waals surface area contributed by atoms with Crippen LogP contribution in [0.5, 0.6) is 0 Å². The van der Waals surface area contributed by atoms with E-state index in [-0.39, 0.29) is 0 Å². The Hall–Kier alpha value is -0.860. The maximum Gasteiger partial charge on any atom is 0.0236 e. The fraction of sp³-hybridized carbons (Fsp3) is 0.684. The second kappa shape index (κ2) is 9.97. The molecule has 0 amide bonds. The first-order chi connectivity index (χ1) is 10.1. The highest BCUT2D eigenvalue weighted by atomic mass is 15.1. The summed E-state index contributed by atoms with van der Waals surface area (Å²) in [5.41, 5.74) is 2.83. The van der Waals surface area contributed by atoms with Crippen molar-refractivity contribution in [1.29, 1.82) is 0 Å². The van der Waals surface area contributed by atoms with Gasteiger partial charge in [-0.3, -0.25) is 4.90 Å². The van der Waals surface area contributed by atoms with E-state index in [4.69, 9.17) is 0 Å². The Kier molecular flexibility index (Phi) is 8.63. The first-order valence-electron chi connectivity index (χ1n) is 8.62. The summed E-state index contributed by atoms with van der Waals surface area (Å²) in [6.45, 7) is 14.5. The molecule has 1 unspecified atom stereocenters. The number of unbranched alkanes of at least 4 members (excludes halogenated alkanes) is 1. The first-order valence-corrected chi connectivity index (χ1v) is 8.62. The van der Waals surface area contributed by atoms with E-state index < -0.39 is 0 Å². The van der Waals surface area contributed by atoms with Crippen LogP contribution >= 0.6 is 0 Å². The van der Waals surface area contributed by atoms with Crippen molar-refractivity contribution in [3.05, 3.63) is 35.4 Å². The zero-order valence-electron chi connectivity index (χ0n) is 14.7. The Balaban J connectivity index is 2.67. The number of hydrogen-bond acceptors (Lipinski definition) is 2. The molecule has 21 heavy (non-hydrogen) atoms. The molecule has 0 aliphatic carbocycles. The molecule has 2 heteroatoms. The fourth-order valence-electron chi connectivity index (χ4n) is 2.47. The van der Waals surface area contributed by atoms with Gasteiger partial charge in [0.05, 0.1) is 0 Å². The first kappa shape index (κ1) is 18.2. The second-order valence-electron chi connectivity index (χ2n) is 6.44. The second-order valence-corrected chi connectivity index (χ2v) is 6.44. The third kappa shape index (κ3) is 7.10. The van der Waals surface area contributed by atoms with Crippen LogP contribution in [0.25, 0.3) is 0 Å². The lowest BCUT2D eigenvalue weighted by atomic mass is 10.1. The van der Waals surface area contributed by atoms with Gasteiger partial charge in [0, 0.05) is 25.2 Å². The van der Waals surface area contributed by atoms with Crippen LogP contribution < -0.4 is 5.32 Å². The van der Waals surface area contributed by atoms with Crippen molar-refractivity contribution >= 4 is 0 Å². The molecule has 0 saturated carbocycles. The van der Waals surface area contributed by atoms with Crippen molar-refractivity contribution in [1.82, 2.24) is 10.2 Å². The molecule has 0 heterocycles.